The third kappa shape index (κ3) is 9.40. The molecule has 0 spiro atoms. The number of nitrogens with one attached hydrogen (secondary N) is 1. The third-order valence-electron chi connectivity index (χ3n) is 8.63. The van der Waals surface area contributed by atoms with Gasteiger partial charge in [-0.05, 0) is 55.5 Å². The molecule has 1 aromatic heterocycles. The van der Waals surface area contributed by atoms with Crippen molar-refractivity contribution in [1.29, 1.82) is 0 Å². The van der Waals surface area contributed by atoms with E-state index in [0.717, 1.165) is 21.3 Å². The number of rotatable bonds is 16. The molecule has 0 aliphatic carbocycles. The molecule has 0 amide bonds. The lowest BCUT2D eigenvalue weighted by atomic mass is 9.81. The number of methoxy groups -OCH3 is 1. The fourth-order valence-corrected chi connectivity index (χ4v) is 6.39. The monoisotopic (exact) mass is 729 g/mol. The number of ether oxygens (including phenoxy) is 1. The first kappa shape index (κ1) is 39.7. The van der Waals surface area contributed by atoms with E-state index in [9.17, 15) is 32.3 Å². The Labute approximate surface area is 296 Å². The molecule has 0 bridgehead atoms. The van der Waals surface area contributed by atoms with E-state index in [1.54, 1.807) is 44.2 Å². The van der Waals surface area contributed by atoms with Gasteiger partial charge in [0.2, 0.25) is 0 Å². The number of aliphatic carboxylic acids is 1. The van der Waals surface area contributed by atoms with Crippen LogP contribution in [0.15, 0.2) is 76.3 Å². The summed E-state index contributed by atoms with van der Waals surface area (Å²) < 4.78 is 81.1. The fraction of sp³-hybridized carbons (Fsp3) is 0.368. The molecule has 14 heteroatoms. The average molecular weight is 730 g/mol. The number of aromatic nitrogens is 2. The van der Waals surface area contributed by atoms with Gasteiger partial charge >= 0.3 is 17.8 Å². The van der Waals surface area contributed by atoms with Crippen molar-refractivity contribution < 1.29 is 41.4 Å². The van der Waals surface area contributed by atoms with Crippen molar-refractivity contribution in [1.82, 2.24) is 14.5 Å². The number of hydrogen-bond donors (Lipinski definition) is 2. The van der Waals surface area contributed by atoms with Gasteiger partial charge in [0, 0.05) is 29.7 Å². The molecule has 0 radical (unpaired) electrons. The van der Waals surface area contributed by atoms with E-state index in [-0.39, 0.29) is 60.6 Å². The minimum absolute atomic E-state index is 0.0752. The first-order valence-corrected chi connectivity index (χ1v) is 16.5. The first-order valence-electron chi connectivity index (χ1n) is 16.5. The molecule has 4 rings (SSSR count). The zero-order valence-corrected chi connectivity index (χ0v) is 29.2. The normalized spacial score (nSPS) is 12.5. The molecule has 1 atom stereocenters. The predicted molar refractivity (Wildman–Crippen MR) is 184 cm³/mol. The van der Waals surface area contributed by atoms with Crippen molar-refractivity contribution in [2.45, 2.75) is 71.8 Å². The second-order valence-electron chi connectivity index (χ2n) is 13.3. The van der Waals surface area contributed by atoms with Crippen molar-refractivity contribution in [3.05, 3.63) is 122 Å². The molecule has 4 aromatic rings. The van der Waals surface area contributed by atoms with Gasteiger partial charge in [-0.15, -0.1) is 0 Å². The molecule has 0 fully saturated rings. The Kier molecular flexibility index (Phi) is 12.6. The van der Waals surface area contributed by atoms with Crippen LogP contribution in [0, 0.1) is 17.0 Å². The summed E-state index contributed by atoms with van der Waals surface area (Å²) in [6, 6.07) is 14.1. The van der Waals surface area contributed by atoms with Gasteiger partial charge in [-0.1, -0.05) is 62.4 Å². The highest BCUT2D eigenvalue weighted by molar-refractivity contribution is 5.76. The van der Waals surface area contributed by atoms with Crippen molar-refractivity contribution in [2.24, 2.45) is 5.41 Å². The van der Waals surface area contributed by atoms with Crippen LogP contribution in [-0.2, 0) is 35.3 Å². The number of carboxylic acids is 1. The maximum absolute atomic E-state index is 16.2. The Hall–Kier alpha value is -5.11. The first-order chi connectivity index (χ1) is 24.4. The second-order valence-corrected chi connectivity index (χ2v) is 13.3. The largest absolute Gasteiger partial charge is 0.494 e. The zero-order chi connectivity index (χ0) is 38.4. The summed E-state index contributed by atoms with van der Waals surface area (Å²) in [5.74, 6) is -3.79. The summed E-state index contributed by atoms with van der Waals surface area (Å²) in [7, 11) is 1.20. The quantitative estimate of drug-likeness (QED) is 0.0965. The van der Waals surface area contributed by atoms with E-state index in [2.05, 4.69) is 5.32 Å². The minimum Gasteiger partial charge on any atom is -0.494 e. The van der Waals surface area contributed by atoms with Gasteiger partial charge in [-0.25, -0.2) is 13.6 Å². The Morgan fingerprint density at radius 3 is 2.23 bits per heavy atom. The standard InChI is InChI=1S/C38H40F5N3O6/c1-23(47)19-37(2,3)20-30-33(25-13-8-16-31(52-4)34(25)40)35(50)46(22-29(24-11-6-5-7-12-24)44-18-10-17-32(48)49)36(51)45(30)21-26-27(38(41,42)43)14-9-15-28(26)39/h5-9,11-16,29,44H,10,17-22H2,1-4H3,(H,48,49)/t29-/m0/s1. The SMILES string of the molecule is COc1cccc(-c2c(CC(C)(C)CC(C)=O)n(Cc3c(F)cccc3C(F)(F)F)c(=O)n(C[C@H](NCCCC(=O)O)c3ccccc3)c2=O)c1F. The Morgan fingerprint density at radius 1 is 0.942 bits per heavy atom. The van der Waals surface area contributed by atoms with E-state index in [0.29, 0.717) is 11.6 Å². The number of carbonyl (C=O) groups excluding carboxylic acids is 1. The molecule has 1 heterocycles. The summed E-state index contributed by atoms with van der Waals surface area (Å²) in [6.45, 7) is 3.36. The summed E-state index contributed by atoms with van der Waals surface area (Å²) in [6.07, 6.45) is -5.35. The van der Waals surface area contributed by atoms with E-state index in [1.807, 2.05) is 0 Å². The fourth-order valence-electron chi connectivity index (χ4n) is 6.39. The number of Topliss-reactive ketones (excluding diaryl/α,β-unsaturated/α-hetero) is 1. The zero-order valence-electron chi connectivity index (χ0n) is 29.2. The molecule has 52 heavy (non-hydrogen) atoms. The lowest BCUT2D eigenvalue weighted by molar-refractivity contribution is -0.139. The number of ketones is 1. The van der Waals surface area contributed by atoms with Crippen LogP contribution in [0.5, 0.6) is 5.75 Å². The Bertz CT molecular complexity index is 2040. The number of halogens is 5. The average Bonchev–Trinajstić information content (AvgIpc) is 3.06. The van der Waals surface area contributed by atoms with Crippen LogP contribution in [0.3, 0.4) is 0 Å². The van der Waals surface area contributed by atoms with Crippen LogP contribution < -0.4 is 21.3 Å². The number of carboxylic acid groups (broad SMARTS) is 1. The highest BCUT2D eigenvalue weighted by atomic mass is 19.4. The van der Waals surface area contributed by atoms with Crippen LogP contribution in [0.2, 0.25) is 0 Å². The smallest absolute Gasteiger partial charge is 0.416 e. The summed E-state index contributed by atoms with van der Waals surface area (Å²) in [5, 5.41) is 12.3. The maximum atomic E-state index is 16.2. The molecule has 0 unspecified atom stereocenters. The predicted octanol–water partition coefficient (Wildman–Crippen LogP) is 6.77. The van der Waals surface area contributed by atoms with Crippen LogP contribution in [0.1, 0.15) is 68.5 Å². The van der Waals surface area contributed by atoms with Gasteiger partial charge in [0.15, 0.2) is 11.6 Å². The third-order valence-corrected chi connectivity index (χ3v) is 8.63. The number of alkyl halides is 3. The van der Waals surface area contributed by atoms with E-state index < -0.39 is 70.7 Å². The van der Waals surface area contributed by atoms with E-state index in [1.165, 1.54) is 32.2 Å². The lowest BCUT2D eigenvalue weighted by Crippen LogP contribution is -2.46. The van der Waals surface area contributed by atoms with E-state index in [4.69, 9.17) is 9.84 Å². The molecule has 9 nitrogen and oxygen atoms in total. The highest BCUT2D eigenvalue weighted by Gasteiger charge is 2.36. The Balaban J connectivity index is 2.10. The topological polar surface area (TPSA) is 120 Å². The van der Waals surface area contributed by atoms with Gasteiger partial charge in [0.1, 0.15) is 11.6 Å². The van der Waals surface area contributed by atoms with Gasteiger partial charge in [0.25, 0.3) is 5.56 Å². The molecule has 2 N–H and O–H groups in total. The number of nitrogens with zero attached hydrogens (tertiary/aromatic N) is 2. The Morgan fingerprint density at radius 2 is 1.62 bits per heavy atom. The molecule has 0 saturated carbocycles. The molecular formula is C38H40F5N3O6. The number of carbonyl (C=O) groups is 2. The minimum atomic E-state index is -5.02. The summed E-state index contributed by atoms with van der Waals surface area (Å²) in [5.41, 5.74) is -5.64. The van der Waals surface area contributed by atoms with Gasteiger partial charge in [0.05, 0.1) is 37.4 Å². The van der Waals surface area contributed by atoms with Crippen LogP contribution in [0.25, 0.3) is 11.1 Å². The molecule has 0 aliphatic heterocycles. The molecule has 278 valence electrons. The maximum Gasteiger partial charge on any atom is 0.416 e. The highest BCUT2D eigenvalue weighted by Crippen LogP contribution is 2.36. The molecule has 3 aromatic carbocycles. The van der Waals surface area contributed by atoms with E-state index >= 15 is 8.78 Å². The van der Waals surface area contributed by atoms with Gasteiger partial charge < -0.3 is 20.0 Å². The van der Waals surface area contributed by atoms with Gasteiger partial charge in [-0.2, -0.15) is 13.2 Å². The van der Waals surface area contributed by atoms with Crippen molar-refractivity contribution in [3.63, 3.8) is 0 Å². The number of hydrogen-bond acceptors (Lipinski definition) is 6. The van der Waals surface area contributed by atoms with Crippen molar-refractivity contribution >= 4 is 11.8 Å². The van der Waals surface area contributed by atoms with Crippen LogP contribution >= 0.6 is 0 Å². The second kappa shape index (κ2) is 16.5. The van der Waals surface area contributed by atoms with Crippen LogP contribution in [0.4, 0.5) is 22.0 Å². The van der Waals surface area contributed by atoms with Crippen LogP contribution in [-0.4, -0.2) is 39.6 Å². The molecular weight excluding hydrogens is 689 g/mol. The lowest BCUT2D eigenvalue weighted by Gasteiger charge is -2.29. The molecule has 0 aliphatic rings. The summed E-state index contributed by atoms with van der Waals surface area (Å²) >= 11 is 0. The molecule has 0 saturated heterocycles. The number of benzene rings is 3. The summed E-state index contributed by atoms with van der Waals surface area (Å²) in [4.78, 5) is 52.7. The van der Waals surface area contributed by atoms with Gasteiger partial charge in [-0.3, -0.25) is 18.7 Å². The van der Waals surface area contributed by atoms with Crippen molar-refractivity contribution in [3.8, 4) is 16.9 Å². The van der Waals surface area contributed by atoms with Crippen molar-refractivity contribution in [2.75, 3.05) is 13.7 Å².